The van der Waals surface area contributed by atoms with Crippen LogP contribution in [0.2, 0.25) is 0 Å². The van der Waals surface area contributed by atoms with Crippen LogP contribution in [-0.2, 0) is 11.2 Å². The minimum Gasteiger partial charge on any atom is -0.454 e. The van der Waals surface area contributed by atoms with Gasteiger partial charge in [-0.25, -0.2) is 14.3 Å². The molecule has 2 heterocycles. The predicted molar refractivity (Wildman–Crippen MR) is 107 cm³/mol. The van der Waals surface area contributed by atoms with E-state index in [1.807, 2.05) is 24.3 Å². The molecular formula is C23H17N3O3. The zero-order valence-electron chi connectivity index (χ0n) is 15.8. The molecule has 0 spiro atoms. The third-order valence-corrected chi connectivity index (χ3v) is 5.23. The molecule has 0 saturated heterocycles. The maximum absolute atomic E-state index is 12.7. The summed E-state index contributed by atoms with van der Waals surface area (Å²) in [7, 11) is 0. The Morgan fingerprint density at radius 3 is 2.79 bits per heavy atom. The van der Waals surface area contributed by atoms with E-state index in [9.17, 15) is 9.59 Å². The Kier molecular flexibility index (Phi) is 3.98. The van der Waals surface area contributed by atoms with E-state index in [4.69, 9.17) is 4.74 Å². The van der Waals surface area contributed by atoms with Crippen molar-refractivity contribution in [3.05, 3.63) is 88.9 Å². The van der Waals surface area contributed by atoms with Crippen LogP contribution in [-0.4, -0.2) is 33.0 Å². The largest absolute Gasteiger partial charge is 0.454 e. The topological polar surface area (TPSA) is 73.6 Å². The molecule has 6 nitrogen and oxygen atoms in total. The summed E-state index contributed by atoms with van der Waals surface area (Å²) in [5.41, 5.74) is 6.42. The van der Waals surface area contributed by atoms with Crippen LogP contribution in [0.4, 0.5) is 0 Å². The fourth-order valence-electron chi connectivity index (χ4n) is 3.82. The molecule has 1 aliphatic rings. The Bertz CT molecular complexity index is 1290. The Hall–Kier alpha value is -3.80. The standard InChI is InChI=1S/C23H17N3O3/c1-14-21(22-24-9-4-10-26(22)25-14)23(28)29-13-20(27)17-8-7-16-11-15-5-2-3-6-18(15)19(16)12-17/h2-10,12H,11,13H2,1H3. The fraction of sp³-hybridized carbons (Fsp3) is 0.130. The number of ether oxygens (including phenoxy) is 1. The number of aryl methyl sites for hydroxylation is 1. The van der Waals surface area contributed by atoms with Crippen molar-refractivity contribution in [3.63, 3.8) is 0 Å². The number of fused-ring (bicyclic) bond motifs is 4. The summed E-state index contributed by atoms with van der Waals surface area (Å²) in [6, 6.07) is 15.6. The average Bonchev–Trinajstić information content (AvgIpc) is 3.28. The maximum atomic E-state index is 12.7. The smallest absolute Gasteiger partial charge is 0.344 e. The first-order valence-electron chi connectivity index (χ1n) is 9.33. The zero-order valence-corrected chi connectivity index (χ0v) is 15.8. The number of carbonyl (C=O) groups excluding carboxylic acids is 2. The first-order chi connectivity index (χ1) is 14.1. The van der Waals surface area contributed by atoms with Crippen molar-refractivity contribution >= 4 is 17.4 Å². The molecule has 0 saturated carbocycles. The highest BCUT2D eigenvalue weighted by Gasteiger charge is 2.22. The van der Waals surface area contributed by atoms with E-state index in [0.29, 0.717) is 16.9 Å². The lowest BCUT2D eigenvalue weighted by atomic mass is 10.0. The van der Waals surface area contributed by atoms with Crippen molar-refractivity contribution < 1.29 is 14.3 Å². The van der Waals surface area contributed by atoms with E-state index in [1.54, 1.807) is 31.5 Å². The quantitative estimate of drug-likeness (QED) is 0.350. The van der Waals surface area contributed by atoms with Gasteiger partial charge in [0.25, 0.3) is 0 Å². The van der Waals surface area contributed by atoms with Gasteiger partial charge in [0.15, 0.2) is 18.0 Å². The number of carbonyl (C=O) groups is 2. The van der Waals surface area contributed by atoms with Gasteiger partial charge in [-0.2, -0.15) is 5.10 Å². The normalized spacial score (nSPS) is 11.9. The molecule has 4 aromatic rings. The van der Waals surface area contributed by atoms with E-state index in [2.05, 4.69) is 22.2 Å². The number of rotatable bonds is 4. The van der Waals surface area contributed by atoms with E-state index in [0.717, 1.165) is 17.5 Å². The molecule has 0 unspecified atom stereocenters. The Morgan fingerprint density at radius 2 is 1.90 bits per heavy atom. The molecule has 0 radical (unpaired) electrons. The van der Waals surface area contributed by atoms with Crippen LogP contribution in [0, 0.1) is 6.92 Å². The highest BCUT2D eigenvalue weighted by atomic mass is 16.5. The summed E-state index contributed by atoms with van der Waals surface area (Å²) in [5.74, 6) is -0.844. The van der Waals surface area contributed by atoms with Gasteiger partial charge in [-0.1, -0.05) is 36.4 Å². The summed E-state index contributed by atoms with van der Waals surface area (Å²) < 4.78 is 6.82. The molecule has 0 N–H and O–H groups in total. The van der Waals surface area contributed by atoms with Crippen LogP contribution in [0.3, 0.4) is 0 Å². The SMILES string of the molecule is Cc1nn2cccnc2c1C(=O)OCC(=O)c1ccc2c(c1)-c1ccccc1C2. The molecule has 5 rings (SSSR count). The third kappa shape index (κ3) is 2.89. The molecule has 0 aliphatic heterocycles. The zero-order chi connectivity index (χ0) is 20.0. The van der Waals surface area contributed by atoms with E-state index >= 15 is 0 Å². The summed E-state index contributed by atoms with van der Waals surface area (Å²) >= 11 is 0. The molecule has 6 heteroatoms. The first kappa shape index (κ1) is 17.3. The second-order valence-corrected chi connectivity index (χ2v) is 7.05. The Labute approximate surface area is 166 Å². The summed E-state index contributed by atoms with van der Waals surface area (Å²) in [5, 5.41) is 4.25. The van der Waals surface area contributed by atoms with Gasteiger partial charge < -0.3 is 4.74 Å². The molecule has 142 valence electrons. The number of ketones is 1. The maximum Gasteiger partial charge on any atom is 0.344 e. The summed E-state index contributed by atoms with van der Waals surface area (Å²) in [4.78, 5) is 29.4. The molecule has 2 aromatic heterocycles. The molecule has 0 amide bonds. The van der Waals surface area contributed by atoms with E-state index in [1.165, 1.54) is 15.6 Å². The number of benzene rings is 2. The number of nitrogens with zero attached hydrogens (tertiary/aromatic N) is 3. The average molecular weight is 383 g/mol. The van der Waals surface area contributed by atoms with E-state index in [-0.39, 0.29) is 18.0 Å². The molecule has 29 heavy (non-hydrogen) atoms. The second-order valence-electron chi connectivity index (χ2n) is 7.05. The highest BCUT2D eigenvalue weighted by molar-refractivity contribution is 6.02. The molecular weight excluding hydrogens is 366 g/mol. The van der Waals surface area contributed by atoms with Gasteiger partial charge in [-0.05, 0) is 47.7 Å². The van der Waals surface area contributed by atoms with Gasteiger partial charge in [0, 0.05) is 18.0 Å². The summed E-state index contributed by atoms with van der Waals surface area (Å²) in [6.45, 7) is 1.38. The molecule has 0 bridgehead atoms. The Balaban J connectivity index is 1.35. The minimum atomic E-state index is -0.601. The van der Waals surface area contributed by atoms with Crippen LogP contribution in [0.5, 0.6) is 0 Å². The van der Waals surface area contributed by atoms with Gasteiger partial charge in [0.05, 0.1) is 5.69 Å². The summed E-state index contributed by atoms with van der Waals surface area (Å²) in [6.07, 6.45) is 4.16. The van der Waals surface area contributed by atoms with Gasteiger partial charge >= 0.3 is 5.97 Å². The van der Waals surface area contributed by atoms with Crippen molar-refractivity contribution in [1.29, 1.82) is 0 Å². The van der Waals surface area contributed by atoms with Crippen LogP contribution < -0.4 is 0 Å². The molecule has 2 aromatic carbocycles. The van der Waals surface area contributed by atoms with Crippen LogP contribution >= 0.6 is 0 Å². The highest BCUT2D eigenvalue weighted by Crippen LogP contribution is 2.36. The second kappa shape index (κ2) is 6.67. The van der Waals surface area contributed by atoms with Gasteiger partial charge in [-0.3, -0.25) is 4.79 Å². The van der Waals surface area contributed by atoms with Gasteiger partial charge in [0.1, 0.15) is 5.56 Å². The third-order valence-electron chi connectivity index (χ3n) is 5.23. The lowest BCUT2D eigenvalue weighted by Gasteiger charge is -2.07. The molecule has 1 aliphatic carbocycles. The predicted octanol–water partition coefficient (Wildman–Crippen LogP) is 3.65. The van der Waals surface area contributed by atoms with Crippen molar-refractivity contribution in [2.75, 3.05) is 6.61 Å². The number of aromatic nitrogens is 3. The number of Topliss-reactive ketones (excluding diaryl/α,β-unsaturated/α-hetero) is 1. The number of esters is 1. The first-order valence-corrected chi connectivity index (χ1v) is 9.33. The monoisotopic (exact) mass is 383 g/mol. The van der Waals surface area contributed by atoms with Gasteiger partial charge in [0.2, 0.25) is 0 Å². The van der Waals surface area contributed by atoms with E-state index < -0.39 is 5.97 Å². The molecule has 0 atom stereocenters. The lowest BCUT2D eigenvalue weighted by molar-refractivity contribution is 0.0475. The number of hydrogen-bond donors (Lipinski definition) is 0. The fourth-order valence-corrected chi connectivity index (χ4v) is 3.82. The van der Waals surface area contributed by atoms with Crippen LogP contribution in [0.1, 0.15) is 37.5 Å². The van der Waals surface area contributed by atoms with Gasteiger partial charge in [-0.15, -0.1) is 0 Å². The molecule has 0 fully saturated rings. The minimum absolute atomic E-state index is 0.243. The van der Waals surface area contributed by atoms with Crippen molar-refractivity contribution in [2.24, 2.45) is 0 Å². The number of hydrogen-bond acceptors (Lipinski definition) is 5. The van der Waals surface area contributed by atoms with Crippen molar-refractivity contribution in [3.8, 4) is 11.1 Å². The Morgan fingerprint density at radius 1 is 1.07 bits per heavy atom. The lowest BCUT2D eigenvalue weighted by Crippen LogP contribution is -2.15. The van der Waals surface area contributed by atoms with Crippen LogP contribution in [0.25, 0.3) is 16.8 Å². The van der Waals surface area contributed by atoms with Crippen LogP contribution in [0.15, 0.2) is 60.9 Å². The van der Waals surface area contributed by atoms with Crippen molar-refractivity contribution in [2.45, 2.75) is 13.3 Å². The van der Waals surface area contributed by atoms with Crippen molar-refractivity contribution in [1.82, 2.24) is 14.6 Å².